The Labute approximate surface area is 93.2 Å². The number of carbonyl (C=O) groups is 1. The maximum Gasteiger partial charge on any atom is 0.146 e. The van der Waals surface area contributed by atoms with E-state index < -0.39 is 0 Å². The standard InChI is InChI=1S/C11H25N3O/c1-4-11(15)9-13-6-5-12-7-8-14-10(2)3/h10,12-14H,4-9H2,1-3H3. The average molecular weight is 215 g/mol. The summed E-state index contributed by atoms with van der Waals surface area (Å²) in [4.78, 5) is 10.9. The van der Waals surface area contributed by atoms with Crippen LogP contribution in [-0.4, -0.2) is 44.5 Å². The topological polar surface area (TPSA) is 53.2 Å². The molecule has 0 aromatic carbocycles. The van der Waals surface area contributed by atoms with Gasteiger partial charge in [-0.2, -0.15) is 0 Å². The summed E-state index contributed by atoms with van der Waals surface area (Å²) in [7, 11) is 0. The molecule has 0 rings (SSSR count). The van der Waals surface area contributed by atoms with Gasteiger partial charge in [-0.1, -0.05) is 20.8 Å². The highest BCUT2D eigenvalue weighted by Crippen LogP contribution is 1.76. The number of Topliss-reactive ketones (excluding diaryl/α,β-unsaturated/α-hetero) is 1. The zero-order chi connectivity index (χ0) is 11.5. The summed E-state index contributed by atoms with van der Waals surface area (Å²) in [6.07, 6.45) is 0.624. The Morgan fingerprint density at radius 3 is 2.27 bits per heavy atom. The average Bonchev–Trinajstić information content (AvgIpc) is 2.21. The van der Waals surface area contributed by atoms with Gasteiger partial charge in [-0.05, 0) is 0 Å². The molecule has 0 aromatic rings. The number of hydrogen-bond acceptors (Lipinski definition) is 4. The van der Waals surface area contributed by atoms with E-state index in [-0.39, 0.29) is 5.78 Å². The highest BCUT2D eigenvalue weighted by molar-refractivity contribution is 5.80. The lowest BCUT2D eigenvalue weighted by Gasteiger charge is -2.09. The SMILES string of the molecule is CCC(=O)CNCCNCCNC(C)C. The monoisotopic (exact) mass is 215 g/mol. The van der Waals surface area contributed by atoms with E-state index in [0.29, 0.717) is 19.0 Å². The van der Waals surface area contributed by atoms with Crippen LogP contribution in [0, 0.1) is 0 Å². The zero-order valence-corrected chi connectivity index (χ0v) is 10.2. The molecule has 0 fully saturated rings. The second-order valence-electron chi connectivity index (χ2n) is 3.93. The maximum absolute atomic E-state index is 10.9. The summed E-state index contributed by atoms with van der Waals surface area (Å²) in [5.41, 5.74) is 0. The fraction of sp³-hybridized carbons (Fsp3) is 0.909. The van der Waals surface area contributed by atoms with Gasteiger partial charge in [0.15, 0.2) is 0 Å². The van der Waals surface area contributed by atoms with Crippen LogP contribution in [0.2, 0.25) is 0 Å². The quantitative estimate of drug-likeness (QED) is 0.454. The molecule has 0 aliphatic heterocycles. The molecule has 0 saturated carbocycles. The number of nitrogens with one attached hydrogen (secondary N) is 3. The van der Waals surface area contributed by atoms with Crippen molar-refractivity contribution in [2.24, 2.45) is 0 Å². The first-order chi connectivity index (χ1) is 7.16. The van der Waals surface area contributed by atoms with E-state index in [1.807, 2.05) is 6.92 Å². The van der Waals surface area contributed by atoms with Crippen molar-refractivity contribution in [2.75, 3.05) is 32.7 Å². The first-order valence-corrected chi connectivity index (χ1v) is 5.83. The molecule has 0 radical (unpaired) electrons. The summed E-state index contributed by atoms with van der Waals surface area (Å²) in [6, 6.07) is 0.548. The Hall–Kier alpha value is -0.450. The first kappa shape index (κ1) is 14.6. The Kier molecular flexibility index (Phi) is 9.78. The van der Waals surface area contributed by atoms with Gasteiger partial charge in [-0.15, -0.1) is 0 Å². The van der Waals surface area contributed by atoms with Crippen LogP contribution in [0.4, 0.5) is 0 Å². The third-order valence-corrected chi connectivity index (χ3v) is 2.05. The summed E-state index contributed by atoms with van der Waals surface area (Å²) in [5, 5.41) is 9.73. The van der Waals surface area contributed by atoms with Crippen LogP contribution >= 0.6 is 0 Å². The lowest BCUT2D eigenvalue weighted by molar-refractivity contribution is -0.117. The molecule has 0 saturated heterocycles. The molecule has 0 aromatic heterocycles. The van der Waals surface area contributed by atoms with Crippen molar-refractivity contribution in [3.63, 3.8) is 0 Å². The van der Waals surface area contributed by atoms with Crippen LogP contribution in [-0.2, 0) is 4.79 Å². The normalized spacial score (nSPS) is 10.9. The van der Waals surface area contributed by atoms with Gasteiger partial charge in [-0.3, -0.25) is 4.79 Å². The van der Waals surface area contributed by atoms with Crippen molar-refractivity contribution >= 4 is 5.78 Å². The Bertz CT molecular complexity index is 160. The van der Waals surface area contributed by atoms with Crippen LogP contribution in [0.1, 0.15) is 27.2 Å². The predicted octanol–water partition coefficient (Wildman–Crippen LogP) is 0.143. The van der Waals surface area contributed by atoms with Crippen LogP contribution in [0.15, 0.2) is 0 Å². The van der Waals surface area contributed by atoms with Crippen molar-refractivity contribution in [2.45, 2.75) is 33.2 Å². The second kappa shape index (κ2) is 10.1. The van der Waals surface area contributed by atoms with Crippen molar-refractivity contribution in [3.8, 4) is 0 Å². The van der Waals surface area contributed by atoms with E-state index in [9.17, 15) is 4.79 Å². The Balaban J connectivity index is 3.02. The van der Waals surface area contributed by atoms with Crippen molar-refractivity contribution in [1.29, 1.82) is 0 Å². The molecular formula is C11H25N3O. The minimum Gasteiger partial charge on any atom is -0.314 e. The molecular weight excluding hydrogens is 190 g/mol. The molecule has 15 heavy (non-hydrogen) atoms. The third kappa shape index (κ3) is 11.5. The van der Waals surface area contributed by atoms with E-state index in [1.165, 1.54) is 0 Å². The Morgan fingerprint density at radius 1 is 1.07 bits per heavy atom. The molecule has 0 unspecified atom stereocenters. The fourth-order valence-corrected chi connectivity index (χ4v) is 1.10. The van der Waals surface area contributed by atoms with Gasteiger partial charge in [0.2, 0.25) is 0 Å². The minimum atomic E-state index is 0.275. The minimum absolute atomic E-state index is 0.275. The van der Waals surface area contributed by atoms with E-state index in [0.717, 1.165) is 26.2 Å². The molecule has 0 aliphatic carbocycles. The predicted molar refractivity (Wildman–Crippen MR) is 64.2 cm³/mol. The highest BCUT2D eigenvalue weighted by atomic mass is 16.1. The van der Waals surface area contributed by atoms with Gasteiger partial charge in [0.05, 0.1) is 6.54 Å². The van der Waals surface area contributed by atoms with Crippen LogP contribution in [0.3, 0.4) is 0 Å². The van der Waals surface area contributed by atoms with Crippen LogP contribution in [0.5, 0.6) is 0 Å². The lowest BCUT2D eigenvalue weighted by Crippen LogP contribution is -2.35. The Morgan fingerprint density at radius 2 is 1.67 bits per heavy atom. The smallest absolute Gasteiger partial charge is 0.146 e. The van der Waals surface area contributed by atoms with Crippen molar-refractivity contribution in [3.05, 3.63) is 0 Å². The summed E-state index contributed by atoms with van der Waals surface area (Å²) in [5.74, 6) is 0.275. The van der Waals surface area contributed by atoms with Gasteiger partial charge in [0, 0.05) is 38.6 Å². The number of ketones is 1. The van der Waals surface area contributed by atoms with Crippen LogP contribution < -0.4 is 16.0 Å². The molecule has 0 heterocycles. The summed E-state index contributed by atoms with van der Waals surface area (Å²) < 4.78 is 0. The molecule has 0 bridgehead atoms. The lowest BCUT2D eigenvalue weighted by atomic mass is 10.3. The molecule has 3 N–H and O–H groups in total. The summed E-state index contributed by atoms with van der Waals surface area (Å²) >= 11 is 0. The summed E-state index contributed by atoms with van der Waals surface area (Å²) in [6.45, 7) is 10.4. The molecule has 0 spiro atoms. The fourth-order valence-electron chi connectivity index (χ4n) is 1.10. The van der Waals surface area contributed by atoms with Crippen molar-refractivity contribution < 1.29 is 4.79 Å². The second-order valence-corrected chi connectivity index (χ2v) is 3.93. The van der Waals surface area contributed by atoms with Gasteiger partial charge in [0.25, 0.3) is 0 Å². The molecule has 90 valence electrons. The third-order valence-electron chi connectivity index (χ3n) is 2.05. The molecule has 0 aliphatic rings. The van der Waals surface area contributed by atoms with Gasteiger partial charge >= 0.3 is 0 Å². The first-order valence-electron chi connectivity index (χ1n) is 5.83. The van der Waals surface area contributed by atoms with Crippen molar-refractivity contribution in [1.82, 2.24) is 16.0 Å². The van der Waals surface area contributed by atoms with E-state index in [4.69, 9.17) is 0 Å². The van der Waals surface area contributed by atoms with Gasteiger partial charge < -0.3 is 16.0 Å². The number of hydrogen-bond donors (Lipinski definition) is 3. The highest BCUT2D eigenvalue weighted by Gasteiger charge is 1.95. The van der Waals surface area contributed by atoms with Gasteiger partial charge in [0.1, 0.15) is 5.78 Å². The number of carbonyl (C=O) groups excluding carboxylic acids is 1. The molecule has 0 atom stereocenters. The zero-order valence-electron chi connectivity index (χ0n) is 10.2. The molecule has 0 amide bonds. The molecule has 4 heteroatoms. The van der Waals surface area contributed by atoms with E-state index in [1.54, 1.807) is 0 Å². The van der Waals surface area contributed by atoms with Crippen LogP contribution in [0.25, 0.3) is 0 Å². The van der Waals surface area contributed by atoms with E-state index in [2.05, 4.69) is 29.8 Å². The van der Waals surface area contributed by atoms with E-state index >= 15 is 0 Å². The van der Waals surface area contributed by atoms with Gasteiger partial charge in [-0.25, -0.2) is 0 Å². The maximum atomic E-state index is 10.9. The molecule has 4 nitrogen and oxygen atoms in total. The largest absolute Gasteiger partial charge is 0.314 e. The number of rotatable bonds is 10.